The number of fused-ring (bicyclic) bond motifs is 1. The number of halogens is 1. The first-order chi connectivity index (χ1) is 7.31. The van der Waals surface area contributed by atoms with E-state index in [1.807, 2.05) is 24.3 Å². The maximum atomic E-state index is 6.80. The molecular weight excluding hydrogens is 252 g/mol. The van der Waals surface area contributed by atoms with E-state index in [1.54, 1.807) is 6.20 Å². The van der Waals surface area contributed by atoms with Crippen molar-refractivity contribution >= 4 is 26.8 Å². The fourth-order valence-electron chi connectivity index (χ4n) is 1.57. The molecule has 0 N–H and O–H groups in total. The van der Waals surface area contributed by atoms with Crippen molar-refractivity contribution in [3.63, 3.8) is 0 Å². The predicted molar refractivity (Wildman–Crippen MR) is 64.6 cm³/mol. The van der Waals surface area contributed by atoms with Crippen molar-refractivity contribution in [3.05, 3.63) is 51.9 Å². The number of benzene rings is 1. The van der Waals surface area contributed by atoms with E-state index in [9.17, 15) is 0 Å². The van der Waals surface area contributed by atoms with Gasteiger partial charge >= 0.3 is 0 Å². The Morgan fingerprint density at radius 3 is 3.00 bits per heavy atom. The van der Waals surface area contributed by atoms with Gasteiger partial charge in [-0.3, -0.25) is 4.98 Å². The summed E-state index contributed by atoms with van der Waals surface area (Å²) in [6.07, 6.45) is 2.60. The van der Waals surface area contributed by atoms with Crippen molar-refractivity contribution in [2.45, 2.75) is 6.42 Å². The minimum absolute atomic E-state index is 0.537. The van der Waals surface area contributed by atoms with E-state index in [0.717, 1.165) is 21.8 Å². The van der Waals surface area contributed by atoms with Crippen LogP contribution in [-0.4, -0.2) is 11.5 Å². The summed E-state index contributed by atoms with van der Waals surface area (Å²) in [5.74, 6) is 0. The lowest BCUT2D eigenvalue weighted by atomic mass is 10.1. The van der Waals surface area contributed by atoms with Crippen molar-refractivity contribution < 1.29 is 0 Å². The van der Waals surface area contributed by atoms with Crippen LogP contribution in [0.15, 0.2) is 34.9 Å². The minimum atomic E-state index is 0.537. The molecule has 1 aromatic carbocycles. The largest absolute Gasteiger partial charge is 0.317 e. The van der Waals surface area contributed by atoms with Gasteiger partial charge < -0.3 is 4.85 Å². The molecule has 2 nitrogen and oxygen atoms in total. The molecule has 0 aliphatic carbocycles. The van der Waals surface area contributed by atoms with Crippen molar-refractivity contribution in [1.82, 2.24) is 4.98 Å². The van der Waals surface area contributed by atoms with E-state index in [1.165, 1.54) is 5.56 Å². The standard InChI is InChI=1S/C12H9BrN2/c1-14-6-4-9-5-7-15-12-8-10(13)2-3-11(9)12/h2-3,5,7-8H,4,6H2. The molecule has 1 heterocycles. The number of aromatic nitrogens is 1. The zero-order valence-corrected chi connectivity index (χ0v) is 9.66. The van der Waals surface area contributed by atoms with Crippen LogP contribution in [0.5, 0.6) is 0 Å². The first-order valence-electron chi connectivity index (χ1n) is 4.67. The normalized spacial score (nSPS) is 10.1. The van der Waals surface area contributed by atoms with Crippen molar-refractivity contribution in [3.8, 4) is 0 Å². The zero-order valence-electron chi connectivity index (χ0n) is 8.07. The number of pyridine rings is 1. The summed E-state index contributed by atoms with van der Waals surface area (Å²) < 4.78 is 1.03. The molecule has 2 aromatic rings. The molecule has 3 heteroatoms. The third kappa shape index (κ3) is 2.16. The highest BCUT2D eigenvalue weighted by molar-refractivity contribution is 9.10. The Morgan fingerprint density at radius 2 is 2.20 bits per heavy atom. The first kappa shape index (κ1) is 10.1. The monoisotopic (exact) mass is 260 g/mol. The van der Waals surface area contributed by atoms with Gasteiger partial charge in [0.1, 0.15) is 0 Å². The van der Waals surface area contributed by atoms with Crippen LogP contribution in [-0.2, 0) is 6.42 Å². The van der Waals surface area contributed by atoms with Crippen LogP contribution in [0.1, 0.15) is 5.56 Å². The van der Waals surface area contributed by atoms with Gasteiger partial charge in [-0.15, -0.1) is 0 Å². The van der Waals surface area contributed by atoms with Crippen LogP contribution in [0.2, 0.25) is 0 Å². The van der Waals surface area contributed by atoms with Crippen molar-refractivity contribution in [2.75, 3.05) is 6.54 Å². The van der Waals surface area contributed by atoms with Gasteiger partial charge in [0.15, 0.2) is 0 Å². The Balaban J connectivity index is 2.52. The third-order valence-corrected chi connectivity index (χ3v) is 2.78. The number of rotatable bonds is 2. The first-order valence-corrected chi connectivity index (χ1v) is 5.47. The van der Waals surface area contributed by atoms with E-state index in [-0.39, 0.29) is 0 Å². The molecule has 0 aliphatic heterocycles. The smallest absolute Gasteiger partial charge is 0.218 e. The molecule has 15 heavy (non-hydrogen) atoms. The second-order valence-corrected chi connectivity index (χ2v) is 4.18. The number of hydrogen-bond donors (Lipinski definition) is 0. The summed E-state index contributed by atoms with van der Waals surface area (Å²) in [5, 5.41) is 1.14. The van der Waals surface area contributed by atoms with Crippen LogP contribution in [0.25, 0.3) is 15.7 Å². The molecule has 0 fully saturated rings. The summed E-state index contributed by atoms with van der Waals surface area (Å²) in [6.45, 7) is 7.33. The van der Waals surface area contributed by atoms with Crippen molar-refractivity contribution in [2.24, 2.45) is 0 Å². The third-order valence-electron chi connectivity index (χ3n) is 2.29. The molecule has 0 saturated carbocycles. The lowest BCUT2D eigenvalue weighted by molar-refractivity contribution is 1.09. The minimum Gasteiger partial charge on any atom is -0.317 e. The van der Waals surface area contributed by atoms with E-state index < -0.39 is 0 Å². The molecule has 0 unspecified atom stereocenters. The number of nitrogens with zero attached hydrogens (tertiary/aromatic N) is 2. The van der Waals surface area contributed by atoms with E-state index >= 15 is 0 Å². The number of hydrogen-bond acceptors (Lipinski definition) is 1. The summed E-state index contributed by atoms with van der Waals surface area (Å²) in [4.78, 5) is 7.68. The Hall–Kier alpha value is -1.40. The topological polar surface area (TPSA) is 17.2 Å². The Labute approximate surface area is 96.9 Å². The quantitative estimate of drug-likeness (QED) is 0.757. The van der Waals surface area contributed by atoms with Crippen LogP contribution in [0.4, 0.5) is 0 Å². The average molecular weight is 261 g/mol. The van der Waals surface area contributed by atoms with Crippen LogP contribution in [0, 0.1) is 6.57 Å². The van der Waals surface area contributed by atoms with Gasteiger partial charge in [-0.05, 0) is 23.8 Å². The summed E-state index contributed by atoms with van der Waals surface area (Å²) in [6, 6.07) is 8.04. The van der Waals surface area contributed by atoms with E-state index in [2.05, 4.69) is 25.8 Å². The summed E-state index contributed by atoms with van der Waals surface area (Å²) in [7, 11) is 0. The van der Waals surface area contributed by atoms with Crippen LogP contribution >= 0.6 is 15.9 Å². The zero-order chi connectivity index (χ0) is 10.7. The Kier molecular flexibility index (Phi) is 2.98. The van der Waals surface area contributed by atoms with Gasteiger partial charge in [0, 0.05) is 22.5 Å². The maximum absolute atomic E-state index is 6.80. The second-order valence-electron chi connectivity index (χ2n) is 3.26. The van der Waals surface area contributed by atoms with Gasteiger partial charge in [-0.2, -0.15) is 0 Å². The SMILES string of the molecule is [C-]#[N+]CCc1ccnc2cc(Br)ccc12. The Morgan fingerprint density at radius 1 is 1.33 bits per heavy atom. The molecule has 1 aromatic heterocycles. The van der Waals surface area contributed by atoms with Crippen LogP contribution < -0.4 is 0 Å². The molecule has 0 aliphatic rings. The van der Waals surface area contributed by atoms with E-state index in [4.69, 9.17) is 6.57 Å². The lowest BCUT2D eigenvalue weighted by Crippen LogP contribution is -1.91. The fraction of sp³-hybridized carbons (Fsp3) is 0.167. The molecule has 2 rings (SSSR count). The molecule has 0 bridgehead atoms. The molecular formula is C12H9BrN2. The maximum Gasteiger partial charge on any atom is 0.218 e. The molecule has 0 amide bonds. The molecule has 74 valence electrons. The summed E-state index contributed by atoms with van der Waals surface area (Å²) >= 11 is 3.42. The molecule has 0 spiro atoms. The summed E-state index contributed by atoms with van der Waals surface area (Å²) in [5.41, 5.74) is 2.18. The van der Waals surface area contributed by atoms with Gasteiger partial charge in [-0.25, -0.2) is 6.57 Å². The lowest BCUT2D eigenvalue weighted by Gasteiger charge is -2.03. The molecule has 0 atom stereocenters. The second kappa shape index (κ2) is 4.41. The van der Waals surface area contributed by atoms with Gasteiger partial charge in [0.25, 0.3) is 0 Å². The highest BCUT2D eigenvalue weighted by atomic mass is 79.9. The van der Waals surface area contributed by atoms with Gasteiger partial charge in [0.05, 0.1) is 5.52 Å². The van der Waals surface area contributed by atoms with Gasteiger partial charge in [-0.1, -0.05) is 22.0 Å². The molecule has 0 radical (unpaired) electrons. The predicted octanol–water partition coefficient (Wildman–Crippen LogP) is 3.46. The molecule has 0 saturated heterocycles. The fourth-order valence-corrected chi connectivity index (χ4v) is 1.92. The highest BCUT2D eigenvalue weighted by Gasteiger charge is 2.03. The highest BCUT2D eigenvalue weighted by Crippen LogP contribution is 2.21. The van der Waals surface area contributed by atoms with Crippen LogP contribution in [0.3, 0.4) is 0 Å². The Bertz CT molecular complexity index is 529. The average Bonchev–Trinajstić information content (AvgIpc) is 2.25. The van der Waals surface area contributed by atoms with Gasteiger partial charge in [0.2, 0.25) is 6.54 Å². The van der Waals surface area contributed by atoms with Crippen molar-refractivity contribution in [1.29, 1.82) is 0 Å². The van der Waals surface area contributed by atoms with E-state index in [0.29, 0.717) is 6.54 Å².